The fourth-order valence-electron chi connectivity index (χ4n) is 5.65. The molecular formula is C28H40O5. The van der Waals surface area contributed by atoms with Crippen LogP contribution >= 0.6 is 0 Å². The lowest BCUT2D eigenvalue weighted by atomic mass is 9.91. The van der Waals surface area contributed by atoms with Crippen LogP contribution in [0.2, 0.25) is 0 Å². The standard InChI is InChI=1S/C28H40O5/c1-3-4-5-10-20(2)25(32-27-11-6-8-15-30-27)14-13-23-24-19-22(29)17-21(24)18-26(23)33-28-12-7-9-16-31-28/h20-21,23-28H,3,6-12,15-19H2,1-2H3/t20?,21-,23+,24-,25+,26+,27?,28?/m0/s1. The number of rotatable bonds is 6. The molecule has 4 aliphatic rings. The molecule has 0 spiro atoms. The van der Waals surface area contributed by atoms with Crippen molar-refractivity contribution in [1.29, 1.82) is 0 Å². The van der Waals surface area contributed by atoms with Gasteiger partial charge in [-0.1, -0.05) is 25.7 Å². The number of hydrogen-bond donors (Lipinski definition) is 0. The van der Waals surface area contributed by atoms with Crippen molar-refractivity contribution in [3.05, 3.63) is 0 Å². The highest BCUT2D eigenvalue weighted by atomic mass is 16.7. The molecule has 2 heterocycles. The Bertz CT molecular complexity index is 759. The zero-order valence-electron chi connectivity index (χ0n) is 20.4. The van der Waals surface area contributed by atoms with Crippen LogP contribution < -0.4 is 0 Å². The van der Waals surface area contributed by atoms with Crippen LogP contribution in [0.3, 0.4) is 0 Å². The van der Waals surface area contributed by atoms with Gasteiger partial charge in [0.2, 0.25) is 0 Å². The number of carbonyl (C=O) groups is 1. The summed E-state index contributed by atoms with van der Waals surface area (Å²) < 4.78 is 24.5. The molecule has 4 rings (SSSR count). The van der Waals surface area contributed by atoms with Crippen molar-refractivity contribution in [2.75, 3.05) is 13.2 Å². The molecule has 0 aromatic rings. The summed E-state index contributed by atoms with van der Waals surface area (Å²) in [5.41, 5.74) is 0. The summed E-state index contributed by atoms with van der Waals surface area (Å²) in [5, 5.41) is 0. The third-order valence-electron chi connectivity index (χ3n) is 7.49. The Labute approximate surface area is 199 Å². The lowest BCUT2D eigenvalue weighted by Crippen LogP contribution is -2.32. The average Bonchev–Trinajstić information content (AvgIpc) is 3.33. The van der Waals surface area contributed by atoms with E-state index in [-0.39, 0.29) is 36.6 Å². The summed E-state index contributed by atoms with van der Waals surface area (Å²) in [5.74, 6) is 14.8. The molecule has 3 unspecified atom stereocenters. The minimum absolute atomic E-state index is 0.0328. The van der Waals surface area contributed by atoms with Crippen molar-refractivity contribution >= 4 is 5.78 Å². The fourth-order valence-corrected chi connectivity index (χ4v) is 5.65. The van der Waals surface area contributed by atoms with Crippen LogP contribution in [0.1, 0.15) is 84.5 Å². The highest BCUT2D eigenvalue weighted by Crippen LogP contribution is 2.48. The highest BCUT2D eigenvalue weighted by Gasteiger charge is 2.49. The van der Waals surface area contributed by atoms with Gasteiger partial charge in [-0.05, 0) is 56.8 Å². The lowest BCUT2D eigenvalue weighted by Gasteiger charge is -2.29. The van der Waals surface area contributed by atoms with E-state index >= 15 is 0 Å². The number of carbonyl (C=O) groups excluding carboxylic acids is 1. The van der Waals surface area contributed by atoms with E-state index in [4.69, 9.17) is 18.9 Å². The van der Waals surface area contributed by atoms with Crippen molar-refractivity contribution in [3.63, 3.8) is 0 Å². The molecule has 0 aromatic heterocycles. The summed E-state index contributed by atoms with van der Waals surface area (Å²) in [6, 6.07) is 0. The van der Waals surface area contributed by atoms with Crippen LogP contribution in [0.25, 0.3) is 0 Å². The molecule has 2 saturated heterocycles. The average molecular weight is 457 g/mol. The quantitative estimate of drug-likeness (QED) is 0.534. The highest BCUT2D eigenvalue weighted by molar-refractivity contribution is 5.81. The van der Waals surface area contributed by atoms with Crippen LogP contribution in [-0.2, 0) is 23.7 Å². The molecule has 0 bridgehead atoms. The first kappa shape index (κ1) is 24.7. The van der Waals surface area contributed by atoms with Gasteiger partial charge in [0.05, 0.1) is 12.0 Å². The van der Waals surface area contributed by atoms with E-state index in [9.17, 15) is 4.79 Å². The van der Waals surface area contributed by atoms with E-state index < -0.39 is 0 Å². The molecule has 4 fully saturated rings. The number of hydrogen-bond acceptors (Lipinski definition) is 5. The van der Waals surface area contributed by atoms with Crippen LogP contribution in [0, 0.1) is 47.4 Å². The molecule has 33 heavy (non-hydrogen) atoms. The summed E-state index contributed by atoms with van der Waals surface area (Å²) >= 11 is 0. The summed E-state index contributed by atoms with van der Waals surface area (Å²) in [6.45, 7) is 5.75. The van der Waals surface area contributed by atoms with E-state index in [2.05, 4.69) is 37.5 Å². The van der Waals surface area contributed by atoms with Crippen molar-refractivity contribution in [2.45, 2.75) is 109 Å². The van der Waals surface area contributed by atoms with Gasteiger partial charge in [-0.3, -0.25) is 4.79 Å². The topological polar surface area (TPSA) is 54.0 Å². The molecule has 8 atom stereocenters. The first-order valence-corrected chi connectivity index (χ1v) is 13.2. The molecular weight excluding hydrogens is 416 g/mol. The monoisotopic (exact) mass is 456 g/mol. The molecule has 2 saturated carbocycles. The number of ether oxygens (including phenoxy) is 4. The minimum Gasteiger partial charge on any atom is -0.353 e. The van der Waals surface area contributed by atoms with E-state index in [1.54, 1.807) is 0 Å². The largest absolute Gasteiger partial charge is 0.353 e. The smallest absolute Gasteiger partial charge is 0.159 e. The fraction of sp³-hybridized carbons (Fsp3) is 0.821. The normalized spacial score (nSPS) is 35.6. The van der Waals surface area contributed by atoms with E-state index in [1.807, 2.05) is 0 Å². The molecule has 5 nitrogen and oxygen atoms in total. The van der Waals surface area contributed by atoms with Gasteiger partial charge in [-0.15, -0.1) is 11.8 Å². The van der Waals surface area contributed by atoms with Crippen molar-refractivity contribution in [2.24, 2.45) is 23.7 Å². The van der Waals surface area contributed by atoms with E-state index in [0.29, 0.717) is 30.5 Å². The van der Waals surface area contributed by atoms with E-state index in [0.717, 1.165) is 71.0 Å². The predicted molar refractivity (Wildman–Crippen MR) is 126 cm³/mol. The zero-order chi connectivity index (χ0) is 23.0. The second-order valence-corrected chi connectivity index (χ2v) is 10.1. The van der Waals surface area contributed by atoms with Gasteiger partial charge in [0, 0.05) is 44.8 Å². The second kappa shape index (κ2) is 12.4. The lowest BCUT2D eigenvalue weighted by molar-refractivity contribution is -0.192. The minimum atomic E-state index is -0.234. The van der Waals surface area contributed by atoms with Crippen LogP contribution in [0.4, 0.5) is 0 Å². The second-order valence-electron chi connectivity index (χ2n) is 10.1. The van der Waals surface area contributed by atoms with Gasteiger partial charge < -0.3 is 18.9 Å². The van der Waals surface area contributed by atoms with Gasteiger partial charge in [0.25, 0.3) is 0 Å². The molecule has 0 N–H and O–H groups in total. The van der Waals surface area contributed by atoms with E-state index in [1.165, 1.54) is 0 Å². The van der Waals surface area contributed by atoms with Crippen LogP contribution in [0.15, 0.2) is 0 Å². The maximum atomic E-state index is 12.2. The Balaban J connectivity index is 1.49. The Morgan fingerprint density at radius 2 is 1.79 bits per heavy atom. The maximum Gasteiger partial charge on any atom is 0.159 e. The summed E-state index contributed by atoms with van der Waals surface area (Å²) in [7, 11) is 0. The Kier molecular flexibility index (Phi) is 9.27. The Morgan fingerprint density at radius 3 is 2.48 bits per heavy atom. The molecule has 182 valence electrons. The van der Waals surface area contributed by atoms with Crippen molar-refractivity contribution < 1.29 is 23.7 Å². The van der Waals surface area contributed by atoms with Crippen molar-refractivity contribution in [3.8, 4) is 23.7 Å². The van der Waals surface area contributed by atoms with Gasteiger partial charge in [0.15, 0.2) is 12.6 Å². The number of Topliss-reactive ketones (excluding diaryl/α,β-unsaturated/α-hetero) is 1. The third kappa shape index (κ3) is 6.83. The summed E-state index contributed by atoms with van der Waals surface area (Å²) in [4.78, 5) is 12.2. The van der Waals surface area contributed by atoms with Gasteiger partial charge in [-0.2, -0.15) is 0 Å². The molecule has 2 aliphatic heterocycles. The maximum absolute atomic E-state index is 12.2. The van der Waals surface area contributed by atoms with Gasteiger partial charge in [0.1, 0.15) is 11.9 Å². The zero-order valence-corrected chi connectivity index (χ0v) is 20.4. The Morgan fingerprint density at radius 1 is 1.03 bits per heavy atom. The van der Waals surface area contributed by atoms with Gasteiger partial charge in [-0.25, -0.2) is 0 Å². The molecule has 0 aromatic carbocycles. The van der Waals surface area contributed by atoms with Crippen LogP contribution in [0.5, 0.6) is 0 Å². The Hall–Kier alpha value is -1.37. The molecule has 2 aliphatic carbocycles. The number of ketones is 1. The molecule has 5 heteroatoms. The summed E-state index contributed by atoms with van der Waals surface area (Å²) in [6.07, 6.45) is 9.63. The van der Waals surface area contributed by atoms with Gasteiger partial charge >= 0.3 is 0 Å². The first-order valence-electron chi connectivity index (χ1n) is 13.2. The third-order valence-corrected chi connectivity index (χ3v) is 7.49. The number of fused-ring (bicyclic) bond motifs is 1. The first-order chi connectivity index (χ1) is 16.1. The predicted octanol–water partition coefficient (Wildman–Crippen LogP) is 4.87. The molecule has 0 amide bonds. The SMILES string of the molecule is CCC#CCC(C)[C@@H](C#C[C@@H]1[C@H]2CC(=O)C[C@H]2C[C@H]1OC1CCCCO1)OC1CCCCO1. The van der Waals surface area contributed by atoms with Crippen molar-refractivity contribution in [1.82, 2.24) is 0 Å². The molecule has 0 radical (unpaired) electrons. The van der Waals surface area contributed by atoms with Crippen LogP contribution in [-0.4, -0.2) is 43.8 Å².